The van der Waals surface area contributed by atoms with Crippen LogP contribution in [0, 0.1) is 6.92 Å². The smallest absolute Gasteiger partial charge is 0.387 e. The van der Waals surface area contributed by atoms with Crippen LogP contribution in [-0.2, 0) is 10.0 Å². The Balaban J connectivity index is 1.68. The predicted octanol–water partition coefficient (Wildman–Crippen LogP) is 2.81. The topological polar surface area (TPSA) is 76.2 Å². The maximum atomic E-state index is 12.7. The second kappa shape index (κ2) is 8.64. The summed E-state index contributed by atoms with van der Waals surface area (Å²) in [4.78, 5) is 15.2. The lowest BCUT2D eigenvalue weighted by Crippen LogP contribution is -2.50. The molecule has 1 fully saturated rings. The van der Waals surface area contributed by atoms with Gasteiger partial charge in [-0.2, -0.15) is 13.1 Å². The maximum Gasteiger partial charge on any atom is 0.387 e. The molecule has 1 aliphatic rings. The number of halogens is 2. The van der Waals surface area contributed by atoms with Gasteiger partial charge in [-0.15, -0.1) is 11.3 Å². The largest absolute Gasteiger partial charge is 0.493 e. The maximum absolute atomic E-state index is 12.7. The number of benzene rings is 1. The lowest BCUT2D eigenvalue weighted by molar-refractivity contribution is -0.0512. The number of piperazine rings is 1. The number of hydrogen-bond donors (Lipinski definition) is 0. The van der Waals surface area contributed by atoms with Crippen molar-refractivity contribution in [2.75, 3.05) is 33.3 Å². The molecule has 0 bridgehead atoms. The molecule has 0 N–H and O–H groups in total. The van der Waals surface area contributed by atoms with Crippen molar-refractivity contribution in [2.24, 2.45) is 0 Å². The third kappa shape index (κ3) is 4.68. The number of ether oxygens (including phenoxy) is 2. The summed E-state index contributed by atoms with van der Waals surface area (Å²) in [5, 5.41) is 0. The molecule has 0 radical (unpaired) electrons. The first-order valence-corrected chi connectivity index (χ1v) is 11.0. The monoisotopic (exact) mass is 446 g/mol. The number of thiophene rings is 1. The molecule has 7 nitrogen and oxygen atoms in total. The zero-order valence-corrected chi connectivity index (χ0v) is 17.4. The van der Waals surface area contributed by atoms with Gasteiger partial charge in [0.1, 0.15) is 4.21 Å². The third-order valence-electron chi connectivity index (χ3n) is 4.46. The average Bonchev–Trinajstić information content (AvgIpc) is 3.14. The summed E-state index contributed by atoms with van der Waals surface area (Å²) in [5.74, 6) is -0.484. The molecule has 1 aromatic carbocycles. The van der Waals surface area contributed by atoms with E-state index in [1.54, 1.807) is 12.1 Å². The minimum atomic E-state index is -3.58. The van der Waals surface area contributed by atoms with Crippen molar-refractivity contribution in [3.63, 3.8) is 0 Å². The Morgan fingerprint density at radius 3 is 2.34 bits per heavy atom. The summed E-state index contributed by atoms with van der Waals surface area (Å²) in [5.41, 5.74) is 0.244. The fourth-order valence-electron chi connectivity index (χ4n) is 2.99. The second-order valence-electron chi connectivity index (χ2n) is 6.31. The lowest BCUT2D eigenvalue weighted by Gasteiger charge is -2.33. The highest BCUT2D eigenvalue weighted by molar-refractivity contribution is 7.91. The Morgan fingerprint density at radius 1 is 1.10 bits per heavy atom. The number of nitrogens with zero attached hydrogens (tertiary/aromatic N) is 2. The summed E-state index contributed by atoms with van der Waals surface area (Å²) in [7, 11) is -2.29. The van der Waals surface area contributed by atoms with Gasteiger partial charge < -0.3 is 14.4 Å². The molecule has 1 aromatic heterocycles. The number of sulfonamides is 1. The van der Waals surface area contributed by atoms with Gasteiger partial charge in [-0.25, -0.2) is 8.42 Å². The van der Waals surface area contributed by atoms with E-state index in [0.717, 1.165) is 4.88 Å². The molecule has 1 saturated heterocycles. The normalized spacial score (nSPS) is 15.6. The van der Waals surface area contributed by atoms with Crippen molar-refractivity contribution in [3.05, 3.63) is 40.8 Å². The first-order valence-electron chi connectivity index (χ1n) is 8.71. The van der Waals surface area contributed by atoms with Gasteiger partial charge in [-0.1, -0.05) is 0 Å². The molecule has 0 saturated carbocycles. The number of rotatable bonds is 6. The van der Waals surface area contributed by atoms with Crippen molar-refractivity contribution in [1.82, 2.24) is 9.21 Å². The van der Waals surface area contributed by atoms with E-state index in [-0.39, 0.29) is 53.4 Å². The molecule has 29 heavy (non-hydrogen) atoms. The molecule has 3 rings (SSSR count). The minimum Gasteiger partial charge on any atom is -0.493 e. The highest BCUT2D eigenvalue weighted by atomic mass is 32.2. The number of alkyl halides is 2. The molecule has 0 atom stereocenters. The molecule has 1 aliphatic heterocycles. The van der Waals surface area contributed by atoms with Crippen LogP contribution in [0.25, 0.3) is 0 Å². The number of hydrogen-bond acceptors (Lipinski definition) is 6. The highest BCUT2D eigenvalue weighted by Gasteiger charge is 2.31. The summed E-state index contributed by atoms with van der Waals surface area (Å²) in [6.07, 6.45) is 0. The van der Waals surface area contributed by atoms with E-state index in [2.05, 4.69) is 4.74 Å². The van der Waals surface area contributed by atoms with Crippen molar-refractivity contribution in [1.29, 1.82) is 0 Å². The summed E-state index contributed by atoms with van der Waals surface area (Å²) < 4.78 is 61.3. The van der Waals surface area contributed by atoms with Crippen LogP contribution < -0.4 is 9.47 Å². The highest BCUT2D eigenvalue weighted by Crippen LogP contribution is 2.30. The van der Waals surface area contributed by atoms with Crippen LogP contribution in [0.2, 0.25) is 0 Å². The Kier molecular flexibility index (Phi) is 6.39. The van der Waals surface area contributed by atoms with E-state index in [1.165, 1.54) is 45.9 Å². The van der Waals surface area contributed by atoms with Gasteiger partial charge in [0.15, 0.2) is 11.5 Å². The summed E-state index contributed by atoms with van der Waals surface area (Å²) in [6.45, 7) is -0.372. The molecule has 1 amide bonds. The molecule has 0 spiro atoms. The SMILES string of the molecule is COc1cc(C(=O)N2CCN(S(=O)(=O)c3ccc(C)s3)CC2)ccc1OC(F)F. The number of carbonyl (C=O) groups excluding carboxylic acids is 1. The van der Waals surface area contributed by atoms with Crippen LogP contribution in [-0.4, -0.2) is 63.4 Å². The van der Waals surface area contributed by atoms with E-state index in [9.17, 15) is 22.0 Å². The van der Waals surface area contributed by atoms with Gasteiger partial charge in [0.2, 0.25) is 0 Å². The van der Waals surface area contributed by atoms with E-state index in [4.69, 9.17) is 4.74 Å². The first kappa shape index (κ1) is 21.5. The van der Waals surface area contributed by atoms with Crippen LogP contribution in [0.4, 0.5) is 8.78 Å². The van der Waals surface area contributed by atoms with Crippen molar-refractivity contribution in [3.8, 4) is 11.5 Å². The first-order chi connectivity index (χ1) is 13.7. The van der Waals surface area contributed by atoms with E-state index < -0.39 is 16.6 Å². The second-order valence-corrected chi connectivity index (χ2v) is 9.76. The zero-order chi connectivity index (χ0) is 21.2. The number of aryl methyl sites for hydroxylation is 1. The Labute approximate surface area is 171 Å². The molecule has 158 valence electrons. The quantitative estimate of drug-likeness (QED) is 0.682. The third-order valence-corrected chi connectivity index (χ3v) is 7.83. The van der Waals surface area contributed by atoms with Crippen LogP contribution in [0.1, 0.15) is 15.2 Å². The molecule has 0 unspecified atom stereocenters. The number of methoxy groups -OCH3 is 1. The minimum absolute atomic E-state index is 0.0189. The van der Waals surface area contributed by atoms with Gasteiger partial charge in [0, 0.05) is 36.6 Å². The van der Waals surface area contributed by atoms with Crippen LogP contribution >= 0.6 is 11.3 Å². The fraction of sp³-hybridized carbons (Fsp3) is 0.389. The molecule has 2 heterocycles. The van der Waals surface area contributed by atoms with E-state index in [0.29, 0.717) is 0 Å². The van der Waals surface area contributed by atoms with Gasteiger partial charge in [0.25, 0.3) is 15.9 Å². The van der Waals surface area contributed by atoms with Crippen LogP contribution in [0.3, 0.4) is 0 Å². The lowest BCUT2D eigenvalue weighted by atomic mass is 10.1. The number of carbonyl (C=O) groups is 1. The van der Waals surface area contributed by atoms with Gasteiger partial charge in [0.05, 0.1) is 7.11 Å². The average molecular weight is 446 g/mol. The molecule has 2 aromatic rings. The molecule has 11 heteroatoms. The Hall–Kier alpha value is -2.24. The zero-order valence-electron chi connectivity index (χ0n) is 15.8. The number of amides is 1. The van der Waals surface area contributed by atoms with Gasteiger partial charge in [-0.3, -0.25) is 4.79 Å². The van der Waals surface area contributed by atoms with Crippen LogP contribution in [0.5, 0.6) is 11.5 Å². The van der Waals surface area contributed by atoms with Crippen molar-refractivity contribution in [2.45, 2.75) is 17.7 Å². The van der Waals surface area contributed by atoms with Crippen LogP contribution in [0.15, 0.2) is 34.5 Å². The summed E-state index contributed by atoms with van der Waals surface area (Å²) >= 11 is 1.21. The summed E-state index contributed by atoms with van der Waals surface area (Å²) in [6, 6.07) is 7.30. The van der Waals surface area contributed by atoms with Gasteiger partial charge >= 0.3 is 6.61 Å². The Morgan fingerprint density at radius 2 is 1.79 bits per heavy atom. The Bertz CT molecular complexity index is 986. The van der Waals surface area contributed by atoms with E-state index >= 15 is 0 Å². The molecular weight excluding hydrogens is 426 g/mol. The fourth-order valence-corrected chi connectivity index (χ4v) is 5.85. The van der Waals surface area contributed by atoms with Crippen molar-refractivity contribution < 1.29 is 31.5 Å². The molecule has 0 aliphatic carbocycles. The molecular formula is C18H20F2N2O5S2. The predicted molar refractivity (Wildman–Crippen MR) is 103 cm³/mol. The standard InChI is InChI=1S/C18H20F2N2O5S2/c1-12-3-6-16(28-12)29(24,25)22-9-7-21(8-10-22)17(23)13-4-5-14(27-18(19)20)15(11-13)26-2/h3-6,11,18H,7-10H2,1-2H3. The van der Waals surface area contributed by atoms with E-state index in [1.807, 2.05) is 6.92 Å². The van der Waals surface area contributed by atoms with Gasteiger partial charge in [-0.05, 0) is 37.3 Å². The van der Waals surface area contributed by atoms with Crippen molar-refractivity contribution >= 4 is 27.3 Å².